The minimum absolute atomic E-state index is 0.0497. The normalized spacial score (nSPS) is 42.5. The monoisotopic (exact) mass is 1010 g/mol. The van der Waals surface area contributed by atoms with Crippen molar-refractivity contribution in [2.45, 2.75) is 193 Å². The van der Waals surface area contributed by atoms with Gasteiger partial charge in [-0.05, 0) is 52.9 Å². The molecular weight excluding hydrogens is 935 g/mol. The zero-order valence-electron chi connectivity index (χ0n) is 39.5. The number of thioether (sulfide) groups is 1. The Balaban J connectivity index is 1.12. The third-order valence-electron chi connectivity index (χ3n) is 13.4. The molecule has 26 nitrogen and oxygen atoms in total. The van der Waals surface area contributed by atoms with E-state index in [9.17, 15) is 45.0 Å². The lowest BCUT2D eigenvalue weighted by Gasteiger charge is -2.47. The Kier molecular flexibility index (Phi) is 20.2. The topological polar surface area (TPSA) is 421 Å². The highest BCUT2D eigenvalue weighted by Crippen LogP contribution is 2.36. The number of carbonyl (C=O) groups is 3. The standard InChI is InChI=1S/C42H77N9O17S/c1-42(2,3)51-24(52)14-20(50(41(51)60)9-6-11-62-25-7-4-5-10-61-25)37(59)49-8-12-69-17-23-35(67-39-27(48)32(57)30(55)22(16-44)64-39)33(58)40(65-23)68-36-28(53)18(45)13-19(46)34(36)66-38-26(47)31(56)29(54)21(15-43)63-38/h18-23,25-36,38-40,53-58H,4-17,43-48H2,1-3H3,(H,49,59)/t18-,19+,20?,21-,22+,23-,25?,26-,27-,28+,29-,30-,31-,32-,33-,34-,35-,36-,38-,39-,40+/m1/s1. The quantitative estimate of drug-likeness (QED) is 0.0535. The minimum atomic E-state index is -1.64. The molecule has 1 saturated carbocycles. The highest BCUT2D eigenvalue weighted by molar-refractivity contribution is 7.99. The van der Waals surface area contributed by atoms with E-state index in [0.717, 1.165) is 19.3 Å². The van der Waals surface area contributed by atoms with Crippen LogP contribution in [0.5, 0.6) is 0 Å². The number of nitrogens with two attached hydrogens (primary N) is 6. The third-order valence-corrected chi connectivity index (χ3v) is 14.5. The van der Waals surface area contributed by atoms with Crippen LogP contribution in [-0.2, 0) is 47.5 Å². The molecule has 0 radical (unpaired) electrons. The zero-order valence-corrected chi connectivity index (χ0v) is 40.3. The SMILES string of the molecule is CC(C)(C)N1C(=O)CC(C(=O)NCCSC[C@H]2O[C@@H](O[C@@H]3[C@@H](O)[C@H](N)C[C@H](N)[C@H]3O[C@H]3O[C@H](CN)[C@@H](O)[C@H](O)[C@H]3N)[C@H](O)[C@@H]2O[C@H]2O[C@@H](CN)[C@@H](O)[C@H](O)[C@H]2N)N(CCCOC2CCCCO2)C1=O. The Bertz CT molecular complexity index is 1670. The van der Waals surface area contributed by atoms with Gasteiger partial charge in [0.2, 0.25) is 11.8 Å². The Morgan fingerprint density at radius 1 is 0.768 bits per heavy atom. The summed E-state index contributed by atoms with van der Waals surface area (Å²) < 4.78 is 48.0. The van der Waals surface area contributed by atoms with Gasteiger partial charge in [-0.15, -0.1) is 0 Å². The van der Waals surface area contributed by atoms with Gasteiger partial charge in [-0.1, -0.05) is 0 Å². The van der Waals surface area contributed by atoms with E-state index in [1.54, 1.807) is 20.8 Å². The van der Waals surface area contributed by atoms with Gasteiger partial charge < -0.3 is 113 Å². The molecule has 0 aromatic rings. The first-order valence-corrected chi connectivity index (χ1v) is 25.0. The lowest BCUT2D eigenvalue weighted by atomic mass is 9.84. The van der Waals surface area contributed by atoms with Gasteiger partial charge in [0.05, 0.1) is 37.3 Å². The molecular formula is C42H77N9O17S. The van der Waals surface area contributed by atoms with E-state index in [2.05, 4.69) is 5.32 Å². The molecule has 5 aliphatic heterocycles. The number of hydrogen-bond donors (Lipinski definition) is 13. The molecule has 6 fully saturated rings. The van der Waals surface area contributed by atoms with Crippen LogP contribution in [-0.4, -0.2) is 243 Å². The van der Waals surface area contributed by atoms with Crippen LogP contribution in [0.25, 0.3) is 0 Å². The lowest BCUT2D eigenvalue weighted by Crippen LogP contribution is -2.68. The van der Waals surface area contributed by atoms with Gasteiger partial charge in [-0.3, -0.25) is 14.5 Å². The highest BCUT2D eigenvalue weighted by atomic mass is 32.2. The second-order valence-corrected chi connectivity index (χ2v) is 20.7. The van der Waals surface area contributed by atoms with Crippen LogP contribution in [0.3, 0.4) is 0 Å². The van der Waals surface area contributed by atoms with Crippen LogP contribution in [0.1, 0.15) is 59.3 Å². The maximum Gasteiger partial charge on any atom is 0.327 e. The fourth-order valence-electron chi connectivity index (χ4n) is 9.47. The predicted molar refractivity (Wildman–Crippen MR) is 243 cm³/mol. The minimum Gasteiger partial charge on any atom is -0.389 e. The summed E-state index contributed by atoms with van der Waals surface area (Å²) in [6.07, 6.45) is -17.7. The van der Waals surface area contributed by atoms with Crippen LogP contribution in [0, 0.1) is 0 Å². The Morgan fingerprint density at radius 2 is 1.36 bits per heavy atom. The first kappa shape index (κ1) is 56.3. The summed E-state index contributed by atoms with van der Waals surface area (Å²) in [5.41, 5.74) is 35.9. The molecule has 0 spiro atoms. The van der Waals surface area contributed by atoms with E-state index in [1.165, 1.54) is 21.6 Å². The van der Waals surface area contributed by atoms with Gasteiger partial charge >= 0.3 is 6.03 Å². The van der Waals surface area contributed by atoms with Crippen LogP contribution in [0.2, 0.25) is 0 Å². The number of nitrogens with one attached hydrogen (secondary N) is 1. The van der Waals surface area contributed by atoms with Crippen molar-refractivity contribution >= 4 is 29.6 Å². The van der Waals surface area contributed by atoms with Crippen molar-refractivity contribution in [1.29, 1.82) is 0 Å². The summed E-state index contributed by atoms with van der Waals surface area (Å²) in [5.74, 6) is -0.643. The molecule has 4 amide bonds. The highest BCUT2D eigenvalue weighted by Gasteiger charge is 2.55. The summed E-state index contributed by atoms with van der Waals surface area (Å²) in [7, 11) is 0. The summed E-state index contributed by atoms with van der Waals surface area (Å²) >= 11 is 1.28. The molecule has 27 heteroatoms. The number of hydrogen-bond acceptors (Lipinski definition) is 24. The number of amides is 4. The largest absolute Gasteiger partial charge is 0.389 e. The van der Waals surface area contributed by atoms with E-state index < -0.39 is 146 Å². The zero-order chi connectivity index (χ0) is 50.5. The molecule has 0 aromatic carbocycles. The summed E-state index contributed by atoms with van der Waals surface area (Å²) in [6, 6.07) is -6.06. The van der Waals surface area contributed by atoms with Crippen molar-refractivity contribution in [2.75, 3.05) is 50.9 Å². The molecule has 2 unspecified atom stereocenters. The van der Waals surface area contributed by atoms with E-state index in [1.807, 2.05) is 0 Å². The average molecular weight is 1010 g/mol. The van der Waals surface area contributed by atoms with Crippen LogP contribution in [0.4, 0.5) is 4.79 Å². The molecule has 21 atom stereocenters. The summed E-state index contributed by atoms with van der Waals surface area (Å²) in [6.45, 7) is 6.01. The average Bonchev–Trinajstić information content (AvgIpc) is 3.60. The molecule has 69 heavy (non-hydrogen) atoms. The molecule has 6 aliphatic rings. The van der Waals surface area contributed by atoms with Gasteiger partial charge in [0.25, 0.3) is 0 Å². The molecule has 398 valence electrons. The number of rotatable bonds is 19. The number of urea groups is 1. The van der Waals surface area contributed by atoms with Crippen molar-refractivity contribution in [3.63, 3.8) is 0 Å². The van der Waals surface area contributed by atoms with Crippen molar-refractivity contribution in [3.05, 3.63) is 0 Å². The van der Waals surface area contributed by atoms with Crippen molar-refractivity contribution < 1.29 is 82.9 Å². The third kappa shape index (κ3) is 13.2. The van der Waals surface area contributed by atoms with Crippen molar-refractivity contribution in [1.82, 2.24) is 15.1 Å². The smallest absolute Gasteiger partial charge is 0.327 e. The van der Waals surface area contributed by atoms with E-state index in [-0.39, 0.29) is 56.8 Å². The Labute approximate surface area is 405 Å². The van der Waals surface area contributed by atoms with Crippen molar-refractivity contribution in [2.24, 2.45) is 34.4 Å². The molecule has 0 aromatic heterocycles. The summed E-state index contributed by atoms with van der Waals surface area (Å²) in [5, 5.41) is 68.4. The molecule has 6 rings (SSSR count). The number of ether oxygens (including phenoxy) is 8. The molecule has 5 saturated heterocycles. The van der Waals surface area contributed by atoms with Gasteiger partial charge in [0, 0.05) is 61.9 Å². The second kappa shape index (κ2) is 24.8. The molecule has 1 aliphatic carbocycles. The fourth-order valence-corrected chi connectivity index (χ4v) is 10.4. The van der Waals surface area contributed by atoms with E-state index >= 15 is 0 Å². The van der Waals surface area contributed by atoms with Crippen molar-refractivity contribution in [3.8, 4) is 0 Å². The van der Waals surface area contributed by atoms with Gasteiger partial charge in [0.15, 0.2) is 25.2 Å². The fraction of sp³-hybridized carbons (Fsp3) is 0.929. The number of nitrogens with zero attached hydrogens (tertiary/aromatic N) is 2. The van der Waals surface area contributed by atoms with Gasteiger partial charge in [-0.25, -0.2) is 4.79 Å². The Hall–Kier alpha value is -2.04. The number of imide groups is 1. The first-order valence-electron chi connectivity index (χ1n) is 23.8. The van der Waals surface area contributed by atoms with E-state index in [4.69, 9.17) is 72.3 Å². The Morgan fingerprint density at radius 3 is 1.94 bits per heavy atom. The molecule has 0 bridgehead atoms. The second-order valence-electron chi connectivity index (χ2n) is 19.5. The van der Waals surface area contributed by atoms with Gasteiger partial charge in [0.1, 0.15) is 67.1 Å². The maximum absolute atomic E-state index is 13.8. The number of aliphatic hydroxyl groups excluding tert-OH is 6. The predicted octanol–water partition coefficient (Wildman–Crippen LogP) is -6.28. The van der Waals surface area contributed by atoms with Gasteiger partial charge in [-0.2, -0.15) is 11.8 Å². The number of carbonyl (C=O) groups excluding carboxylic acids is 3. The van der Waals surface area contributed by atoms with E-state index in [0.29, 0.717) is 19.6 Å². The van der Waals surface area contributed by atoms with Crippen LogP contribution in [0.15, 0.2) is 0 Å². The molecule has 19 N–H and O–H groups in total. The van der Waals surface area contributed by atoms with Crippen LogP contribution >= 0.6 is 11.8 Å². The molecule has 5 heterocycles. The number of aliphatic hydroxyl groups is 6. The first-order chi connectivity index (χ1) is 32.7. The maximum atomic E-state index is 13.8. The van der Waals surface area contributed by atoms with Crippen LogP contribution < -0.4 is 39.7 Å². The summed E-state index contributed by atoms with van der Waals surface area (Å²) in [4.78, 5) is 43.4. The lowest BCUT2D eigenvalue weighted by molar-refractivity contribution is -0.306.